The molecular formula is C18H17BrClN3O4. The number of amides is 2. The van der Waals surface area contributed by atoms with Crippen LogP contribution in [0.5, 0.6) is 11.5 Å². The molecule has 0 bridgehead atoms. The highest BCUT2D eigenvalue weighted by molar-refractivity contribution is 9.10. The van der Waals surface area contributed by atoms with E-state index in [1.165, 1.54) is 6.21 Å². The second-order valence-corrected chi connectivity index (χ2v) is 6.66. The molecule has 0 aliphatic rings. The van der Waals surface area contributed by atoms with E-state index in [4.69, 9.17) is 16.3 Å². The molecule has 0 spiro atoms. The fourth-order valence-electron chi connectivity index (χ4n) is 2.01. The molecule has 3 N–H and O–H groups in total. The van der Waals surface area contributed by atoms with Crippen molar-refractivity contribution in [1.82, 2.24) is 5.43 Å². The van der Waals surface area contributed by atoms with Gasteiger partial charge in [0.15, 0.2) is 11.5 Å². The van der Waals surface area contributed by atoms with Crippen LogP contribution in [-0.2, 0) is 9.59 Å². The van der Waals surface area contributed by atoms with Gasteiger partial charge < -0.3 is 15.2 Å². The number of halogens is 2. The van der Waals surface area contributed by atoms with Gasteiger partial charge in [-0.3, -0.25) is 9.59 Å². The second kappa shape index (κ2) is 9.38. The van der Waals surface area contributed by atoms with Crippen molar-refractivity contribution in [3.8, 4) is 11.5 Å². The predicted octanol–water partition coefficient (Wildman–Crippen LogP) is 3.60. The molecule has 0 aliphatic carbocycles. The van der Waals surface area contributed by atoms with Gasteiger partial charge in [-0.25, -0.2) is 5.43 Å². The maximum atomic E-state index is 11.9. The number of nitrogens with one attached hydrogen (secondary N) is 2. The third-order valence-electron chi connectivity index (χ3n) is 3.37. The van der Waals surface area contributed by atoms with Crippen molar-refractivity contribution < 1.29 is 19.4 Å². The highest BCUT2D eigenvalue weighted by Gasteiger charge is 2.13. The number of carbonyl (C=O) groups excluding carboxylic acids is 2. The van der Waals surface area contributed by atoms with E-state index < -0.39 is 11.8 Å². The van der Waals surface area contributed by atoms with E-state index in [0.717, 1.165) is 5.56 Å². The van der Waals surface area contributed by atoms with E-state index >= 15 is 0 Å². The van der Waals surface area contributed by atoms with Crippen molar-refractivity contribution in [2.24, 2.45) is 5.10 Å². The first-order valence-electron chi connectivity index (χ1n) is 7.87. The number of anilines is 1. The maximum Gasteiger partial charge on any atom is 0.329 e. The van der Waals surface area contributed by atoms with Gasteiger partial charge in [-0.2, -0.15) is 5.10 Å². The van der Waals surface area contributed by atoms with Crippen LogP contribution in [-0.4, -0.2) is 29.7 Å². The van der Waals surface area contributed by atoms with Gasteiger partial charge in [0.05, 0.1) is 17.3 Å². The van der Waals surface area contributed by atoms with Crippen molar-refractivity contribution in [2.45, 2.75) is 13.8 Å². The van der Waals surface area contributed by atoms with Crippen LogP contribution in [0.4, 0.5) is 5.69 Å². The molecule has 2 rings (SSSR count). The van der Waals surface area contributed by atoms with Gasteiger partial charge >= 0.3 is 11.8 Å². The Morgan fingerprint density at radius 2 is 2.04 bits per heavy atom. The summed E-state index contributed by atoms with van der Waals surface area (Å²) < 4.78 is 5.72. The summed E-state index contributed by atoms with van der Waals surface area (Å²) in [5.74, 6) is -1.58. The van der Waals surface area contributed by atoms with Crippen LogP contribution < -0.4 is 15.5 Å². The average Bonchev–Trinajstić information content (AvgIpc) is 2.62. The zero-order valence-electron chi connectivity index (χ0n) is 14.5. The minimum atomic E-state index is -0.939. The summed E-state index contributed by atoms with van der Waals surface area (Å²) in [5.41, 5.74) is 3.94. The molecule has 0 atom stereocenters. The van der Waals surface area contributed by atoms with E-state index in [2.05, 4.69) is 31.8 Å². The Morgan fingerprint density at radius 3 is 2.70 bits per heavy atom. The molecular weight excluding hydrogens is 438 g/mol. The number of phenols is 1. The first-order chi connectivity index (χ1) is 12.8. The van der Waals surface area contributed by atoms with Crippen LogP contribution in [0, 0.1) is 6.92 Å². The van der Waals surface area contributed by atoms with Gasteiger partial charge in [-0.15, -0.1) is 0 Å². The fourth-order valence-corrected chi connectivity index (χ4v) is 2.65. The number of hydrogen-bond acceptors (Lipinski definition) is 5. The van der Waals surface area contributed by atoms with Gasteiger partial charge in [0, 0.05) is 10.7 Å². The molecule has 0 unspecified atom stereocenters. The number of nitrogens with zero attached hydrogens (tertiary/aromatic N) is 1. The van der Waals surface area contributed by atoms with Crippen LogP contribution in [0.3, 0.4) is 0 Å². The Balaban J connectivity index is 1.99. The predicted molar refractivity (Wildman–Crippen MR) is 108 cm³/mol. The summed E-state index contributed by atoms with van der Waals surface area (Å²) in [4.78, 5) is 23.7. The molecule has 0 aromatic heterocycles. The number of hydrazone groups is 1. The lowest BCUT2D eigenvalue weighted by atomic mass is 10.2. The molecule has 0 saturated carbocycles. The van der Waals surface area contributed by atoms with Gasteiger partial charge in [0.25, 0.3) is 0 Å². The molecule has 2 aromatic carbocycles. The van der Waals surface area contributed by atoms with Crippen LogP contribution in [0.15, 0.2) is 39.9 Å². The smallest absolute Gasteiger partial charge is 0.329 e. The van der Waals surface area contributed by atoms with Crippen molar-refractivity contribution in [3.05, 3.63) is 51.0 Å². The Bertz CT molecular complexity index is 902. The third-order valence-corrected chi connectivity index (χ3v) is 4.38. The highest BCUT2D eigenvalue weighted by Crippen LogP contribution is 2.35. The van der Waals surface area contributed by atoms with Crippen molar-refractivity contribution in [2.75, 3.05) is 11.9 Å². The number of carbonyl (C=O) groups is 2. The molecule has 9 heteroatoms. The summed E-state index contributed by atoms with van der Waals surface area (Å²) in [7, 11) is 0. The number of hydrogen-bond donors (Lipinski definition) is 3. The number of phenolic OH excluding ortho intramolecular Hbond substituents is 1. The lowest BCUT2D eigenvalue weighted by Gasteiger charge is -2.08. The monoisotopic (exact) mass is 453 g/mol. The summed E-state index contributed by atoms with van der Waals surface area (Å²) in [6, 6.07) is 8.05. The minimum absolute atomic E-state index is 0.0332. The lowest BCUT2D eigenvalue weighted by molar-refractivity contribution is -0.136. The molecule has 0 fully saturated rings. The lowest BCUT2D eigenvalue weighted by Crippen LogP contribution is -2.32. The van der Waals surface area contributed by atoms with Crippen molar-refractivity contribution in [1.29, 1.82) is 0 Å². The third kappa shape index (κ3) is 5.70. The van der Waals surface area contributed by atoms with E-state index in [0.29, 0.717) is 27.4 Å². The Morgan fingerprint density at radius 1 is 1.30 bits per heavy atom. The number of aromatic hydroxyl groups is 1. The van der Waals surface area contributed by atoms with Crippen LogP contribution in [0.1, 0.15) is 18.1 Å². The first kappa shape index (κ1) is 20.7. The number of benzene rings is 2. The van der Waals surface area contributed by atoms with Crippen molar-refractivity contribution in [3.63, 3.8) is 0 Å². The van der Waals surface area contributed by atoms with Gasteiger partial charge in [0.2, 0.25) is 0 Å². The Labute approximate surface area is 169 Å². The average molecular weight is 455 g/mol. The number of aryl methyl sites for hydroxylation is 1. The van der Waals surface area contributed by atoms with Gasteiger partial charge in [-0.1, -0.05) is 17.7 Å². The number of rotatable bonds is 5. The second-order valence-electron chi connectivity index (χ2n) is 5.40. The Hall–Kier alpha value is -2.58. The molecule has 0 aliphatic heterocycles. The maximum absolute atomic E-state index is 11.9. The van der Waals surface area contributed by atoms with E-state index in [-0.39, 0.29) is 11.5 Å². The largest absolute Gasteiger partial charge is 0.503 e. The minimum Gasteiger partial charge on any atom is -0.503 e. The molecule has 0 heterocycles. The van der Waals surface area contributed by atoms with E-state index in [1.54, 1.807) is 37.3 Å². The molecule has 27 heavy (non-hydrogen) atoms. The molecule has 2 aromatic rings. The molecule has 0 radical (unpaired) electrons. The normalized spacial score (nSPS) is 10.7. The summed E-state index contributed by atoms with van der Waals surface area (Å²) in [5, 5.41) is 16.5. The molecule has 7 nitrogen and oxygen atoms in total. The summed E-state index contributed by atoms with van der Waals surface area (Å²) >= 11 is 9.19. The Kier molecular flexibility index (Phi) is 7.20. The highest BCUT2D eigenvalue weighted by atomic mass is 79.9. The summed E-state index contributed by atoms with van der Waals surface area (Å²) in [6.07, 6.45) is 1.32. The van der Waals surface area contributed by atoms with Crippen molar-refractivity contribution >= 4 is 51.2 Å². The van der Waals surface area contributed by atoms with Crippen LogP contribution in [0.2, 0.25) is 5.02 Å². The zero-order valence-corrected chi connectivity index (χ0v) is 16.9. The van der Waals surface area contributed by atoms with Gasteiger partial charge in [-0.05, 0) is 65.2 Å². The fraction of sp³-hybridized carbons (Fsp3) is 0.167. The zero-order chi connectivity index (χ0) is 20.0. The summed E-state index contributed by atoms with van der Waals surface area (Å²) in [6.45, 7) is 3.99. The SMILES string of the molecule is CCOc1cc(/C=N\NC(=O)C(=O)Nc2ccc(C)c(Cl)c2)cc(Br)c1O. The standard InChI is InChI=1S/C18H17BrClN3O4/c1-3-27-15-7-11(6-13(19)16(15)24)9-21-23-18(26)17(25)22-12-5-4-10(2)14(20)8-12/h4-9,24H,3H2,1-2H3,(H,22,25)(H,23,26)/b21-9-. The molecule has 142 valence electrons. The van der Waals surface area contributed by atoms with Gasteiger partial charge in [0.1, 0.15) is 0 Å². The van der Waals surface area contributed by atoms with Crippen LogP contribution >= 0.6 is 27.5 Å². The van der Waals surface area contributed by atoms with E-state index in [9.17, 15) is 14.7 Å². The quantitative estimate of drug-likeness (QED) is 0.365. The molecule has 0 saturated heterocycles. The van der Waals surface area contributed by atoms with E-state index in [1.807, 2.05) is 6.92 Å². The first-order valence-corrected chi connectivity index (χ1v) is 9.04. The topological polar surface area (TPSA) is 100 Å². The number of ether oxygens (including phenoxy) is 1. The molecule has 2 amide bonds. The van der Waals surface area contributed by atoms with Crippen LogP contribution in [0.25, 0.3) is 0 Å².